The number of nitrogens with zero attached hydrogens (tertiary/aromatic N) is 2. The monoisotopic (exact) mass is 419 g/mol. The number of pyridine rings is 1. The second-order valence-electron chi connectivity index (χ2n) is 9.82. The van der Waals surface area contributed by atoms with E-state index in [0.29, 0.717) is 17.5 Å². The molecular formula is C26H33N3O2. The number of rotatable bonds is 5. The summed E-state index contributed by atoms with van der Waals surface area (Å²) in [6, 6.07) is 13.5. The molecule has 3 heterocycles. The van der Waals surface area contributed by atoms with Gasteiger partial charge in [0, 0.05) is 37.8 Å². The molecule has 1 N–H and O–H groups in total. The summed E-state index contributed by atoms with van der Waals surface area (Å²) in [5, 5.41) is 2.85. The maximum absolute atomic E-state index is 13.2. The topological polar surface area (TPSA) is 54.3 Å². The van der Waals surface area contributed by atoms with Crippen LogP contribution >= 0.6 is 0 Å². The van der Waals surface area contributed by atoms with Crippen molar-refractivity contribution in [2.24, 2.45) is 11.8 Å². The van der Waals surface area contributed by atoms with Gasteiger partial charge in [0.15, 0.2) is 0 Å². The maximum Gasteiger partial charge on any atom is 0.274 e. The molecular weight excluding hydrogens is 386 g/mol. The van der Waals surface area contributed by atoms with Gasteiger partial charge in [0.2, 0.25) is 5.91 Å². The van der Waals surface area contributed by atoms with E-state index in [1.807, 2.05) is 41.0 Å². The molecule has 3 aliphatic rings. The largest absolute Gasteiger partial charge is 0.321 e. The van der Waals surface area contributed by atoms with Gasteiger partial charge in [0.25, 0.3) is 5.56 Å². The SMILES string of the molecule is O=C(Cc1ccccc1)Nc1ccc2n(c1=O)CC1CC2CN(CC2CCCCC2)C1. The van der Waals surface area contributed by atoms with Crippen LogP contribution in [-0.4, -0.2) is 35.0 Å². The highest BCUT2D eigenvalue weighted by Gasteiger charge is 2.35. The first-order valence-electron chi connectivity index (χ1n) is 12.0. The Morgan fingerprint density at radius 1 is 0.968 bits per heavy atom. The molecule has 164 valence electrons. The van der Waals surface area contributed by atoms with Crippen LogP contribution in [0.3, 0.4) is 0 Å². The van der Waals surface area contributed by atoms with Gasteiger partial charge < -0.3 is 14.8 Å². The van der Waals surface area contributed by atoms with E-state index in [-0.39, 0.29) is 17.9 Å². The number of anilines is 1. The number of carbonyl (C=O) groups is 1. The molecule has 2 atom stereocenters. The summed E-state index contributed by atoms with van der Waals surface area (Å²) in [6.07, 6.45) is 8.42. The van der Waals surface area contributed by atoms with E-state index < -0.39 is 0 Å². The van der Waals surface area contributed by atoms with Gasteiger partial charge in [0.05, 0.1) is 6.42 Å². The van der Waals surface area contributed by atoms with Crippen molar-refractivity contribution in [2.75, 3.05) is 25.0 Å². The molecule has 2 bridgehead atoms. The molecule has 0 radical (unpaired) electrons. The van der Waals surface area contributed by atoms with Crippen LogP contribution in [-0.2, 0) is 17.8 Å². The van der Waals surface area contributed by atoms with Gasteiger partial charge in [0.1, 0.15) is 5.69 Å². The van der Waals surface area contributed by atoms with E-state index in [1.165, 1.54) is 45.1 Å². The Kier molecular flexibility index (Phi) is 5.95. The third kappa shape index (κ3) is 4.62. The highest BCUT2D eigenvalue weighted by Crippen LogP contribution is 2.36. The number of hydrogen-bond donors (Lipinski definition) is 1. The molecule has 1 aromatic carbocycles. The van der Waals surface area contributed by atoms with Crippen molar-refractivity contribution in [1.82, 2.24) is 9.47 Å². The number of carbonyl (C=O) groups excluding carboxylic acids is 1. The van der Waals surface area contributed by atoms with Crippen molar-refractivity contribution >= 4 is 11.6 Å². The Morgan fingerprint density at radius 2 is 1.77 bits per heavy atom. The van der Waals surface area contributed by atoms with Crippen molar-refractivity contribution in [3.63, 3.8) is 0 Å². The van der Waals surface area contributed by atoms with E-state index in [2.05, 4.69) is 16.3 Å². The predicted molar refractivity (Wildman–Crippen MR) is 123 cm³/mol. The molecule has 1 saturated carbocycles. The van der Waals surface area contributed by atoms with E-state index >= 15 is 0 Å². The number of aromatic nitrogens is 1. The second kappa shape index (κ2) is 8.99. The quantitative estimate of drug-likeness (QED) is 0.796. The minimum atomic E-state index is -0.140. The van der Waals surface area contributed by atoms with Gasteiger partial charge in [-0.25, -0.2) is 0 Å². The zero-order valence-electron chi connectivity index (χ0n) is 18.3. The fourth-order valence-corrected chi connectivity index (χ4v) is 6.00. The minimum absolute atomic E-state index is 0.0469. The minimum Gasteiger partial charge on any atom is -0.321 e. The number of fused-ring (bicyclic) bond motifs is 4. The molecule has 2 aromatic rings. The van der Waals surface area contributed by atoms with Gasteiger partial charge in [-0.3, -0.25) is 9.59 Å². The van der Waals surface area contributed by atoms with Crippen LogP contribution in [0, 0.1) is 11.8 Å². The van der Waals surface area contributed by atoms with Crippen LogP contribution in [0.1, 0.15) is 55.7 Å². The van der Waals surface area contributed by atoms with Crippen LogP contribution < -0.4 is 10.9 Å². The third-order valence-corrected chi connectivity index (χ3v) is 7.40. The van der Waals surface area contributed by atoms with E-state index in [0.717, 1.165) is 36.8 Å². The van der Waals surface area contributed by atoms with Crippen molar-refractivity contribution in [3.8, 4) is 0 Å². The van der Waals surface area contributed by atoms with Gasteiger partial charge in [-0.2, -0.15) is 0 Å². The maximum atomic E-state index is 13.2. The summed E-state index contributed by atoms with van der Waals surface area (Å²) in [5.74, 6) is 1.68. The summed E-state index contributed by atoms with van der Waals surface area (Å²) in [4.78, 5) is 28.3. The first-order chi connectivity index (χ1) is 15.2. The molecule has 5 rings (SSSR count). The summed E-state index contributed by atoms with van der Waals surface area (Å²) in [5.41, 5.74) is 2.46. The molecule has 5 nitrogen and oxygen atoms in total. The fourth-order valence-electron chi connectivity index (χ4n) is 6.00. The van der Waals surface area contributed by atoms with E-state index in [4.69, 9.17) is 0 Å². The lowest BCUT2D eigenvalue weighted by Crippen LogP contribution is -2.48. The van der Waals surface area contributed by atoms with E-state index in [9.17, 15) is 9.59 Å². The number of hydrogen-bond acceptors (Lipinski definition) is 3. The van der Waals surface area contributed by atoms with Crippen molar-refractivity contribution in [1.29, 1.82) is 0 Å². The fraction of sp³-hybridized carbons (Fsp3) is 0.538. The Balaban J connectivity index is 1.28. The van der Waals surface area contributed by atoms with E-state index in [1.54, 1.807) is 0 Å². The van der Waals surface area contributed by atoms with Crippen LogP contribution in [0.15, 0.2) is 47.3 Å². The average molecular weight is 420 g/mol. The molecule has 2 aliphatic heterocycles. The summed E-state index contributed by atoms with van der Waals surface area (Å²) in [7, 11) is 0. The van der Waals surface area contributed by atoms with Crippen LogP contribution in [0.25, 0.3) is 0 Å². The Bertz CT molecular complexity index is 978. The molecule has 2 unspecified atom stereocenters. The third-order valence-electron chi connectivity index (χ3n) is 7.40. The predicted octanol–water partition coefficient (Wildman–Crippen LogP) is 4.03. The van der Waals surface area contributed by atoms with Crippen molar-refractivity contribution in [3.05, 3.63) is 64.1 Å². The molecule has 1 saturated heterocycles. The second-order valence-corrected chi connectivity index (χ2v) is 9.82. The smallest absolute Gasteiger partial charge is 0.274 e. The normalized spacial score (nSPS) is 23.9. The van der Waals surface area contributed by atoms with Crippen LogP contribution in [0.4, 0.5) is 5.69 Å². The zero-order chi connectivity index (χ0) is 21.2. The molecule has 5 heteroatoms. The van der Waals surface area contributed by atoms with Gasteiger partial charge in [-0.15, -0.1) is 0 Å². The van der Waals surface area contributed by atoms with Crippen LogP contribution in [0.5, 0.6) is 0 Å². The summed E-state index contributed by atoms with van der Waals surface area (Å²) in [6.45, 7) is 4.16. The van der Waals surface area contributed by atoms with Gasteiger partial charge in [-0.1, -0.05) is 49.6 Å². The van der Waals surface area contributed by atoms with Crippen molar-refractivity contribution in [2.45, 2.75) is 57.4 Å². The summed E-state index contributed by atoms with van der Waals surface area (Å²) < 4.78 is 1.94. The number of amides is 1. The standard InChI is InChI=1S/C26H33N3O2/c30-25(14-19-7-3-1-4-8-19)27-23-11-12-24-22-13-21(17-29(24)26(23)31)16-28(18-22)15-20-9-5-2-6-10-20/h1,3-4,7-8,11-12,20-22H,2,5-6,9-10,13-18H2,(H,27,30). The number of likely N-dealkylation sites (tertiary alicyclic amines) is 1. The first kappa shape index (κ1) is 20.5. The molecule has 1 aromatic heterocycles. The average Bonchev–Trinajstić information content (AvgIpc) is 2.77. The summed E-state index contributed by atoms with van der Waals surface area (Å²) >= 11 is 0. The highest BCUT2D eigenvalue weighted by atomic mass is 16.2. The zero-order valence-corrected chi connectivity index (χ0v) is 18.3. The lowest BCUT2D eigenvalue weighted by molar-refractivity contribution is -0.115. The first-order valence-corrected chi connectivity index (χ1v) is 12.0. The molecule has 31 heavy (non-hydrogen) atoms. The van der Waals surface area contributed by atoms with Crippen LogP contribution in [0.2, 0.25) is 0 Å². The van der Waals surface area contributed by atoms with Crippen molar-refractivity contribution < 1.29 is 4.79 Å². The molecule has 2 fully saturated rings. The Labute approximate surface area is 184 Å². The molecule has 1 aliphatic carbocycles. The van der Waals surface area contributed by atoms with Gasteiger partial charge in [-0.05, 0) is 48.8 Å². The highest BCUT2D eigenvalue weighted by molar-refractivity contribution is 5.92. The lowest BCUT2D eigenvalue weighted by atomic mass is 9.81. The number of benzene rings is 1. The number of nitrogens with one attached hydrogen (secondary N) is 1. The number of piperidine rings is 1. The molecule has 0 spiro atoms. The molecule has 1 amide bonds. The Hall–Kier alpha value is -2.40. The van der Waals surface area contributed by atoms with Gasteiger partial charge >= 0.3 is 0 Å². The lowest BCUT2D eigenvalue weighted by Gasteiger charge is -2.44. The Morgan fingerprint density at radius 3 is 2.58 bits per heavy atom.